The van der Waals surface area contributed by atoms with Crippen LogP contribution >= 0.6 is 0 Å². The molecule has 0 aliphatic heterocycles. The number of hydrogen-bond donors (Lipinski definition) is 0. The van der Waals surface area contributed by atoms with Crippen LogP contribution in [0.5, 0.6) is 0 Å². The Bertz CT molecular complexity index is 113. The third kappa shape index (κ3) is 17.7. The van der Waals surface area contributed by atoms with Crippen molar-refractivity contribution in [3.05, 3.63) is 0 Å². The quantitative estimate of drug-likeness (QED) is 0.396. The topological polar surface area (TPSA) is 31.5 Å². The van der Waals surface area contributed by atoms with Gasteiger partial charge >= 0.3 is 7.25 Å². The Balaban J connectivity index is -0.000000177. The summed E-state index contributed by atoms with van der Waals surface area (Å²) in [7, 11) is -3.71. The fraction of sp³-hybridized carbons (Fsp3) is 1.00. The molecule has 0 aromatic heterocycles. The van der Waals surface area contributed by atoms with Gasteiger partial charge in [0, 0.05) is 0 Å². The first-order valence-corrected chi connectivity index (χ1v) is 4.39. The SMILES string of the molecule is CC[N+](C)(CC)CC.F[B-](F)(F)F.O. The van der Waals surface area contributed by atoms with E-state index in [1.807, 2.05) is 0 Å². The second-order valence-corrected chi connectivity index (χ2v) is 3.06. The summed E-state index contributed by atoms with van der Waals surface area (Å²) in [6, 6.07) is 0. The second kappa shape index (κ2) is 8.05. The first-order chi connectivity index (χ1) is 5.68. The maximum absolute atomic E-state index is 9.75. The van der Waals surface area contributed by atoms with E-state index in [9.17, 15) is 17.3 Å². The Morgan fingerprint density at radius 3 is 1.00 bits per heavy atom. The van der Waals surface area contributed by atoms with Gasteiger partial charge in [0.05, 0.1) is 26.7 Å². The lowest BCUT2D eigenvalue weighted by Crippen LogP contribution is -2.42. The summed E-state index contributed by atoms with van der Waals surface area (Å²) in [5, 5.41) is 0. The molecule has 0 heterocycles. The number of halogens is 4. The second-order valence-electron chi connectivity index (χ2n) is 3.06. The third-order valence-corrected chi connectivity index (χ3v) is 2.29. The average Bonchev–Trinajstić information content (AvgIpc) is 2.00. The molecule has 0 saturated carbocycles. The molecule has 0 radical (unpaired) electrons. The average molecular weight is 221 g/mol. The normalized spacial score (nSPS) is 11.1. The number of nitrogens with zero attached hydrogens (tertiary/aromatic N) is 1. The summed E-state index contributed by atoms with van der Waals surface area (Å²) in [4.78, 5) is 0. The first-order valence-electron chi connectivity index (χ1n) is 4.39. The van der Waals surface area contributed by atoms with Gasteiger partial charge in [-0.25, -0.2) is 0 Å². The summed E-state index contributed by atoms with van der Waals surface area (Å²) >= 11 is 0. The van der Waals surface area contributed by atoms with Gasteiger partial charge < -0.3 is 27.2 Å². The maximum Gasteiger partial charge on any atom is 0.673 e. The molecule has 0 fully saturated rings. The zero-order valence-electron chi connectivity index (χ0n) is 9.16. The molecule has 0 amide bonds. The molecule has 90 valence electrons. The van der Waals surface area contributed by atoms with Crippen molar-refractivity contribution in [2.45, 2.75) is 20.8 Å². The fourth-order valence-corrected chi connectivity index (χ4v) is 0.671. The largest absolute Gasteiger partial charge is 0.673 e. The predicted octanol–water partition coefficient (Wildman–Crippen LogP) is 1.97. The van der Waals surface area contributed by atoms with Crippen molar-refractivity contribution in [3.63, 3.8) is 0 Å². The van der Waals surface area contributed by atoms with Crippen LogP contribution in [-0.4, -0.2) is 43.9 Å². The lowest BCUT2D eigenvalue weighted by Gasteiger charge is -2.30. The number of quaternary nitrogens is 1. The van der Waals surface area contributed by atoms with Crippen molar-refractivity contribution < 1.29 is 27.2 Å². The lowest BCUT2D eigenvalue weighted by atomic mass is 10.3. The standard InChI is InChI=1S/C7H18N.BF4.H2O/c1-5-8(4,6-2)7-3;2-1(3,4)5;/h5-7H2,1-4H3;;1H2/q+1;-1;. The van der Waals surface area contributed by atoms with Crippen LogP contribution in [0.2, 0.25) is 0 Å². The Kier molecular flexibility index (Phi) is 11.1. The number of hydrogen-bond acceptors (Lipinski definition) is 0. The monoisotopic (exact) mass is 221 g/mol. The van der Waals surface area contributed by atoms with E-state index >= 15 is 0 Å². The van der Waals surface area contributed by atoms with Crippen molar-refractivity contribution in [3.8, 4) is 0 Å². The smallest absolute Gasteiger partial charge is 0.418 e. The molecule has 2 N–H and O–H groups in total. The first kappa shape index (κ1) is 19.3. The van der Waals surface area contributed by atoms with Gasteiger partial charge in [-0.05, 0) is 20.8 Å². The highest BCUT2D eigenvalue weighted by Gasteiger charge is 2.20. The minimum atomic E-state index is -6.00. The fourth-order valence-electron chi connectivity index (χ4n) is 0.671. The molecule has 14 heavy (non-hydrogen) atoms. The van der Waals surface area contributed by atoms with Crippen LogP contribution in [0.15, 0.2) is 0 Å². The molecular weight excluding hydrogens is 201 g/mol. The van der Waals surface area contributed by atoms with Gasteiger partial charge in [0.1, 0.15) is 0 Å². The highest BCUT2D eigenvalue weighted by Crippen LogP contribution is 2.06. The van der Waals surface area contributed by atoms with Gasteiger partial charge in [0.15, 0.2) is 0 Å². The molecular formula is C7H20BF4NO. The van der Waals surface area contributed by atoms with Gasteiger partial charge in [0.2, 0.25) is 0 Å². The Morgan fingerprint density at radius 1 is 0.857 bits per heavy atom. The van der Waals surface area contributed by atoms with E-state index in [4.69, 9.17) is 0 Å². The molecule has 7 heteroatoms. The summed E-state index contributed by atoms with van der Waals surface area (Å²) < 4.78 is 40.2. The summed E-state index contributed by atoms with van der Waals surface area (Å²) in [5.74, 6) is 0. The van der Waals surface area contributed by atoms with Crippen LogP contribution in [0.25, 0.3) is 0 Å². The Hall–Kier alpha value is -0.295. The van der Waals surface area contributed by atoms with Crippen molar-refractivity contribution in [2.24, 2.45) is 0 Å². The lowest BCUT2D eigenvalue weighted by molar-refractivity contribution is -0.904. The Morgan fingerprint density at radius 2 is 1.00 bits per heavy atom. The van der Waals surface area contributed by atoms with Crippen molar-refractivity contribution in [1.82, 2.24) is 0 Å². The number of rotatable bonds is 3. The highest BCUT2D eigenvalue weighted by atomic mass is 19.5. The molecule has 2 nitrogen and oxygen atoms in total. The zero-order valence-corrected chi connectivity index (χ0v) is 9.16. The van der Waals surface area contributed by atoms with Crippen molar-refractivity contribution in [2.75, 3.05) is 26.7 Å². The molecule has 0 atom stereocenters. The van der Waals surface area contributed by atoms with E-state index in [2.05, 4.69) is 27.8 Å². The van der Waals surface area contributed by atoms with E-state index in [-0.39, 0.29) is 5.48 Å². The van der Waals surface area contributed by atoms with Crippen LogP contribution in [0.4, 0.5) is 17.3 Å². The predicted molar refractivity (Wildman–Crippen MR) is 51.6 cm³/mol. The molecule has 0 aromatic carbocycles. The van der Waals surface area contributed by atoms with Gasteiger partial charge in [0.25, 0.3) is 0 Å². The summed E-state index contributed by atoms with van der Waals surface area (Å²) in [6.07, 6.45) is 0. The molecule has 0 unspecified atom stereocenters. The van der Waals surface area contributed by atoms with Gasteiger partial charge in [-0.15, -0.1) is 0 Å². The summed E-state index contributed by atoms with van der Waals surface area (Å²) in [6.45, 7) is 10.5. The van der Waals surface area contributed by atoms with Crippen LogP contribution < -0.4 is 0 Å². The van der Waals surface area contributed by atoms with Crippen LogP contribution in [0.1, 0.15) is 20.8 Å². The van der Waals surface area contributed by atoms with E-state index in [1.165, 1.54) is 24.1 Å². The van der Waals surface area contributed by atoms with E-state index in [0.29, 0.717) is 0 Å². The van der Waals surface area contributed by atoms with Gasteiger partial charge in [-0.3, -0.25) is 0 Å². The van der Waals surface area contributed by atoms with E-state index in [0.717, 1.165) is 0 Å². The van der Waals surface area contributed by atoms with Crippen molar-refractivity contribution in [1.29, 1.82) is 0 Å². The van der Waals surface area contributed by atoms with Crippen molar-refractivity contribution >= 4 is 7.25 Å². The van der Waals surface area contributed by atoms with Crippen LogP contribution in [-0.2, 0) is 0 Å². The van der Waals surface area contributed by atoms with E-state index in [1.54, 1.807) is 0 Å². The molecule has 0 saturated heterocycles. The molecule has 0 bridgehead atoms. The zero-order chi connectivity index (χ0) is 11.1. The molecule has 0 aliphatic carbocycles. The molecule has 0 aromatic rings. The van der Waals surface area contributed by atoms with Crippen LogP contribution in [0, 0.1) is 0 Å². The van der Waals surface area contributed by atoms with Gasteiger partial charge in [-0.1, -0.05) is 0 Å². The third-order valence-electron chi connectivity index (χ3n) is 2.29. The Labute approximate surface area is 82.9 Å². The van der Waals surface area contributed by atoms with E-state index < -0.39 is 7.25 Å². The molecule has 0 rings (SSSR count). The minimum absolute atomic E-state index is 0. The minimum Gasteiger partial charge on any atom is -0.418 e. The maximum atomic E-state index is 9.75. The van der Waals surface area contributed by atoms with Gasteiger partial charge in [-0.2, -0.15) is 0 Å². The highest BCUT2D eigenvalue weighted by molar-refractivity contribution is 6.50. The molecule has 0 aliphatic rings. The van der Waals surface area contributed by atoms with Crippen LogP contribution in [0.3, 0.4) is 0 Å². The summed E-state index contributed by atoms with van der Waals surface area (Å²) in [5.41, 5.74) is 0. The molecule has 0 spiro atoms.